The van der Waals surface area contributed by atoms with Gasteiger partial charge >= 0.3 is 23.9 Å². The number of carboxylic acid groups (broad SMARTS) is 4. The first-order valence-corrected chi connectivity index (χ1v) is 4.32. The maximum Gasteiger partial charge on any atom is 0.347 e. The molecule has 17 heavy (non-hydrogen) atoms. The van der Waals surface area contributed by atoms with Crippen molar-refractivity contribution in [2.75, 3.05) is 0 Å². The van der Waals surface area contributed by atoms with Crippen LogP contribution in [0.4, 0.5) is 0 Å². The van der Waals surface area contributed by atoms with Gasteiger partial charge < -0.3 is 25.2 Å². The number of hydrogen-bond donors (Lipinski definition) is 4. The molecule has 0 amide bonds. The molecule has 1 fully saturated rings. The molecule has 1 saturated heterocycles. The summed E-state index contributed by atoms with van der Waals surface area (Å²) in [5, 5.41) is 34.8. The van der Waals surface area contributed by atoms with Crippen molar-refractivity contribution in [3.8, 4) is 0 Å². The molecule has 1 aliphatic rings. The minimum atomic E-state index is -2.83. The van der Waals surface area contributed by atoms with E-state index in [1.54, 1.807) is 0 Å². The molecule has 1 heterocycles. The molecule has 0 radical (unpaired) electrons. The fourth-order valence-corrected chi connectivity index (χ4v) is 1.57. The number of aliphatic carboxylic acids is 4. The summed E-state index contributed by atoms with van der Waals surface area (Å²) in [7, 11) is 0. The van der Waals surface area contributed by atoms with Crippen LogP contribution in [-0.4, -0.2) is 56.0 Å². The Bertz CT molecular complexity index is 360. The molecule has 0 bridgehead atoms. The van der Waals surface area contributed by atoms with Crippen LogP contribution in [0, 0.1) is 5.92 Å². The Morgan fingerprint density at radius 2 is 1.41 bits per heavy atom. The van der Waals surface area contributed by atoms with Gasteiger partial charge in [-0.1, -0.05) is 0 Å². The summed E-state index contributed by atoms with van der Waals surface area (Å²) >= 11 is 0. The summed E-state index contributed by atoms with van der Waals surface area (Å²) in [5.41, 5.74) is -2.83. The Labute approximate surface area is 93.2 Å². The summed E-state index contributed by atoms with van der Waals surface area (Å²) in [5.74, 6) is -8.93. The molecule has 0 aromatic rings. The molecule has 2 unspecified atom stereocenters. The Kier molecular flexibility index (Phi) is 3.05. The second-order valence-corrected chi connectivity index (χ2v) is 3.46. The van der Waals surface area contributed by atoms with Crippen molar-refractivity contribution >= 4 is 23.9 Å². The van der Waals surface area contributed by atoms with Crippen LogP contribution in [0.25, 0.3) is 0 Å². The van der Waals surface area contributed by atoms with Gasteiger partial charge in [0.05, 0.1) is 5.92 Å². The molecule has 0 spiro atoms. The van der Waals surface area contributed by atoms with Gasteiger partial charge in [-0.05, 0) is 0 Å². The summed E-state index contributed by atoms with van der Waals surface area (Å²) in [6, 6.07) is 0. The lowest BCUT2D eigenvalue weighted by atomic mass is 9.92. The van der Waals surface area contributed by atoms with Crippen molar-refractivity contribution in [2.24, 2.45) is 5.92 Å². The van der Waals surface area contributed by atoms with E-state index in [-0.39, 0.29) is 0 Å². The van der Waals surface area contributed by atoms with Crippen LogP contribution >= 0.6 is 0 Å². The zero-order chi connectivity index (χ0) is 13.4. The molecule has 1 aliphatic heterocycles. The van der Waals surface area contributed by atoms with E-state index in [1.165, 1.54) is 0 Å². The van der Waals surface area contributed by atoms with E-state index in [0.717, 1.165) is 0 Å². The second-order valence-electron chi connectivity index (χ2n) is 3.46. The third-order valence-electron chi connectivity index (χ3n) is 2.45. The molecular weight excluding hydrogens is 240 g/mol. The molecule has 9 nitrogen and oxygen atoms in total. The Hall–Kier alpha value is -2.16. The molecule has 0 aliphatic carbocycles. The lowest BCUT2D eigenvalue weighted by Gasteiger charge is -2.18. The highest BCUT2D eigenvalue weighted by Gasteiger charge is 2.61. The van der Waals surface area contributed by atoms with Crippen molar-refractivity contribution in [3.05, 3.63) is 0 Å². The molecule has 1 rings (SSSR count). The second kappa shape index (κ2) is 4.01. The Morgan fingerprint density at radius 1 is 0.941 bits per heavy atom. The average molecular weight is 248 g/mol. The SMILES string of the molecule is O=C(O)C1CC(C(=O)O)(C(=O)O)OC1C(=O)O. The topological polar surface area (TPSA) is 158 Å². The van der Waals surface area contributed by atoms with Gasteiger partial charge in [-0.3, -0.25) is 4.79 Å². The first-order valence-electron chi connectivity index (χ1n) is 4.32. The first kappa shape index (κ1) is 12.9. The van der Waals surface area contributed by atoms with Crippen molar-refractivity contribution in [1.82, 2.24) is 0 Å². The number of hydrogen-bond acceptors (Lipinski definition) is 5. The minimum absolute atomic E-state index is 0.941. The van der Waals surface area contributed by atoms with E-state index in [4.69, 9.17) is 20.4 Å². The van der Waals surface area contributed by atoms with E-state index in [9.17, 15) is 19.2 Å². The highest BCUT2D eigenvalue weighted by molar-refractivity contribution is 6.03. The van der Waals surface area contributed by atoms with Gasteiger partial charge in [0.1, 0.15) is 0 Å². The normalized spacial score (nSPS) is 26.4. The van der Waals surface area contributed by atoms with Crippen LogP contribution in [0.3, 0.4) is 0 Å². The molecule has 0 saturated carbocycles. The van der Waals surface area contributed by atoms with E-state index in [1.807, 2.05) is 0 Å². The summed E-state index contributed by atoms with van der Waals surface area (Å²) in [6.07, 6.45) is -2.94. The standard InChI is InChI=1S/C8H8O9/c9-4(10)2-1-8(6(13)14,7(15)16)17-3(2)5(11)12/h2-3H,1H2,(H,9,10)(H,11,12)(H,13,14)(H,15,16). The zero-order valence-corrected chi connectivity index (χ0v) is 8.19. The van der Waals surface area contributed by atoms with Gasteiger partial charge in [-0.2, -0.15) is 0 Å². The molecule has 0 aromatic carbocycles. The van der Waals surface area contributed by atoms with Crippen LogP contribution in [0.2, 0.25) is 0 Å². The molecule has 9 heteroatoms. The van der Waals surface area contributed by atoms with Gasteiger partial charge in [0.25, 0.3) is 5.60 Å². The van der Waals surface area contributed by atoms with Crippen molar-refractivity contribution in [1.29, 1.82) is 0 Å². The van der Waals surface area contributed by atoms with Gasteiger partial charge in [-0.25, -0.2) is 14.4 Å². The molecule has 94 valence electrons. The monoisotopic (exact) mass is 248 g/mol. The van der Waals surface area contributed by atoms with E-state index in [0.29, 0.717) is 0 Å². The van der Waals surface area contributed by atoms with Crippen LogP contribution in [-0.2, 0) is 23.9 Å². The summed E-state index contributed by atoms with van der Waals surface area (Å²) in [4.78, 5) is 43.0. The predicted molar refractivity (Wildman–Crippen MR) is 46.3 cm³/mol. The van der Waals surface area contributed by atoms with Gasteiger partial charge in [0.15, 0.2) is 6.10 Å². The molecule has 4 N–H and O–H groups in total. The van der Waals surface area contributed by atoms with Crippen molar-refractivity contribution in [3.63, 3.8) is 0 Å². The summed E-state index contributed by atoms with van der Waals surface area (Å²) < 4.78 is 4.43. The van der Waals surface area contributed by atoms with Crippen LogP contribution in [0.1, 0.15) is 6.42 Å². The van der Waals surface area contributed by atoms with Gasteiger partial charge in [0.2, 0.25) is 0 Å². The third kappa shape index (κ3) is 1.91. The number of rotatable bonds is 4. The highest BCUT2D eigenvalue weighted by Crippen LogP contribution is 2.36. The third-order valence-corrected chi connectivity index (χ3v) is 2.45. The fourth-order valence-electron chi connectivity index (χ4n) is 1.57. The van der Waals surface area contributed by atoms with E-state index in [2.05, 4.69) is 4.74 Å². The molecule has 2 atom stereocenters. The predicted octanol–water partition coefficient (Wildman–Crippen LogP) is -1.53. The van der Waals surface area contributed by atoms with E-state index >= 15 is 0 Å². The first-order chi connectivity index (χ1) is 7.72. The van der Waals surface area contributed by atoms with Crippen LogP contribution < -0.4 is 0 Å². The van der Waals surface area contributed by atoms with E-state index < -0.39 is 47.9 Å². The van der Waals surface area contributed by atoms with Crippen LogP contribution in [0.5, 0.6) is 0 Å². The van der Waals surface area contributed by atoms with Gasteiger partial charge in [-0.15, -0.1) is 0 Å². The lowest BCUT2D eigenvalue weighted by Crippen LogP contribution is -2.47. The number of carboxylic acids is 4. The highest BCUT2D eigenvalue weighted by atomic mass is 16.6. The maximum absolute atomic E-state index is 10.8. The van der Waals surface area contributed by atoms with Crippen molar-refractivity contribution in [2.45, 2.75) is 18.1 Å². The minimum Gasteiger partial charge on any atom is -0.481 e. The number of ether oxygens (including phenoxy) is 1. The lowest BCUT2D eigenvalue weighted by molar-refractivity contribution is -0.185. The maximum atomic E-state index is 10.8. The molecular formula is C8H8O9. The summed E-state index contributed by atoms with van der Waals surface area (Å²) in [6.45, 7) is 0. The molecule has 0 aromatic heterocycles. The Morgan fingerprint density at radius 3 is 1.65 bits per heavy atom. The average Bonchev–Trinajstić information content (AvgIpc) is 2.58. The van der Waals surface area contributed by atoms with Crippen LogP contribution in [0.15, 0.2) is 0 Å². The van der Waals surface area contributed by atoms with Gasteiger partial charge in [0, 0.05) is 6.42 Å². The largest absolute Gasteiger partial charge is 0.481 e. The number of carbonyl (C=O) groups is 4. The zero-order valence-electron chi connectivity index (χ0n) is 8.19. The quantitative estimate of drug-likeness (QED) is 0.432. The Balaban J connectivity index is 3.17. The van der Waals surface area contributed by atoms with Crippen molar-refractivity contribution < 1.29 is 44.3 Å². The fraction of sp³-hybridized carbons (Fsp3) is 0.500. The smallest absolute Gasteiger partial charge is 0.347 e.